The summed E-state index contributed by atoms with van der Waals surface area (Å²) in [6, 6.07) is 3.40. The van der Waals surface area contributed by atoms with Crippen molar-refractivity contribution in [1.29, 1.82) is 0 Å². The van der Waals surface area contributed by atoms with Crippen LogP contribution < -0.4 is 0 Å². The van der Waals surface area contributed by atoms with Gasteiger partial charge in [0.15, 0.2) is 6.29 Å². The monoisotopic (exact) mass is 175 g/mol. The minimum atomic E-state index is 0.175. The summed E-state index contributed by atoms with van der Waals surface area (Å²) < 4.78 is 0. The number of phenols is 1. The normalized spacial score (nSPS) is 10.5. The number of rotatable bonds is 1. The maximum atomic E-state index is 10.6. The minimum absolute atomic E-state index is 0.175. The molecule has 3 nitrogen and oxygen atoms in total. The number of H-pyrrole nitrogens is 1. The third kappa shape index (κ3) is 1.01. The van der Waals surface area contributed by atoms with Gasteiger partial charge in [-0.1, -0.05) is 6.07 Å². The number of aromatic hydroxyl groups is 1. The molecule has 0 aliphatic carbocycles. The van der Waals surface area contributed by atoms with E-state index in [2.05, 4.69) is 4.98 Å². The van der Waals surface area contributed by atoms with Crippen molar-refractivity contribution < 1.29 is 9.90 Å². The molecule has 0 bridgehead atoms. The highest BCUT2D eigenvalue weighted by Crippen LogP contribution is 2.28. The van der Waals surface area contributed by atoms with Gasteiger partial charge in [-0.2, -0.15) is 0 Å². The summed E-state index contributed by atoms with van der Waals surface area (Å²) in [5.41, 5.74) is 2.20. The molecule has 0 saturated heterocycles. The molecule has 2 aromatic rings. The SMILES string of the molecule is Cc1ccc(O)c2[nH]cc(C=O)c12. The van der Waals surface area contributed by atoms with Crippen LogP contribution in [0.5, 0.6) is 5.75 Å². The largest absolute Gasteiger partial charge is 0.506 e. The summed E-state index contributed by atoms with van der Waals surface area (Å²) in [4.78, 5) is 13.5. The van der Waals surface area contributed by atoms with E-state index in [0.29, 0.717) is 11.1 Å². The van der Waals surface area contributed by atoms with E-state index in [9.17, 15) is 9.90 Å². The third-order valence-corrected chi connectivity index (χ3v) is 2.18. The average molecular weight is 175 g/mol. The number of aldehydes is 1. The number of phenolic OH excluding ortho intramolecular Hbond substituents is 1. The first-order valence-corrected chi connectivity index (χ1v) is 3.99. The van der Waals surface area contributed by atoms with E-state index in [4.69, 9.17) is 0 Å². The predicted octanol–water partition coefficient (Wildman–Crippen LogP) is 1.99. The lowest BCUT2D eigenvalue weighted by atomic mass is 10.1. The van der Waals surface area contributed by atoms with Crippen LogP contribution in [0, 0.1) is 6.92 Å². The lowest BCUT2D eigenvalue weighted by molar-refractivity contribution is 0.112. The number of carbonyl (C=O) groups excluding carboxylic acids is 1. The van der Waals surface area contributed by atoms with Crippen molar-refractivity contribution in [2.24, 2.45) is 0 Å². The molecule has 0 radical (unpaired) electrons. The Morgan fingerprint density at radius 3 is 2.92 bits per heavy atom. The van der Waals surface area contributed by atoms with E-state index in [-0.39, 0.29) is 5.75 Å². The Kier molecular flexibility index (Phi) is 1.59. The van der Waals surface area contributed by atoms with Gasteiger partial charge in [0.1, 0.15) is 5.75 Å². The molecular weight excluding hydrogens is 166 g/mol. The molecule has 0 fully saturated rings. The van der Waals surface area contributed by atoms with Crippen LogP contribution in [-0.4, -0.2) is 16.4 Å². The van der Waals surface area contributed by atoms with Gasteiger partial charge in [-0.3, -0.25) is 4.79 Å². The molecule has 1 aromatic heterocycles. The maximum Gasteiger partial charge on any atom is 0.152 e. The van der Waals surface area contributed by atoms with Crippen molar-refractivity contribution in [2.45, 2.75) is 6.92 Å². The highest BCUT2D eigenvalue weighted by atomic mass is 16.3. The maximum absolute atomic E-state index is 10.6. The molecule has 1 heterocycles. The number of aromatic amines is 1. The van der Waals surface area contributed by atoms with Crippen molar-refractivity contribution in [3.63, 3.8) is 0 Å². The molecule has 0 aliphatic rings. The number of carbonyl (C=O) groups is 1. The van der Waals surface area contributed by atoms with Crippen molar-refractivity contribution in [3.8, 4) is 5.75 Å². The van der Waals surface area contributed by atoms with Gasteiger partial charge < -0.3 is 10.1 Å². The summed E-state index contributed by atoms with van der Waals surface area (Å²) in [5.74, 6) is 0.175. The van der Waals surface area contributed by atoms with E-state index < -0.39 is 0 Å². The molecule has 2 rings (SSSR count). The molecule has 13 heavy (non-hydrogen) atoms. The van der Waals surface area contributed by atoms with Crippen molar-refractivity contribution in [3.05, 3.63) is 29.5 Å². The Morgan fingerprint density at radius 1 is 1.46 bits per heavy atom. The Hall–Kier alpha value is -1.77. The van der Waals surface area contributed by atoms with Gasteiger partial charge in [-0.15, -0.1) is 0 Å². The second-order valence-electron chi connectivity index (χ2n) is 3.01. The van der Waals surface area contributed by atoms with Gasteiger partial charge in [-0.05, 0) is 18.6 Å². The van der Waals surface area contributed by atoms with Crippen LogP contribution in [0.3, 0.4) is 0 Å². The standard InChI is InChI=1S/C10H9NO2/c1-6-2-3-8(13)10-9(6)7(5-12)4-11-10/h2-5,11,13H,1H3. The fourth-order valence-electron chi connectivity index (χ4n) is 1.53. The van der Waals surface area contributed by atoms with E-state index in [1.54, 1.807) is 18.3 Å². The first-order valence-electron chi connectivity index (χ1n) is 3.99. The van der Waals surface area contributed by atoms with E-state index in [1.807, 2.05) is 6.92 Å². The van der Waals surface area contributed by atoms with E-state index >= 15 is 0 Å². The lowest BCUT2D eigenvalue weighted by Crippen LogP contribution is -1.80. The van der Waals surface area contributed by atoms with Crippen LogP contribution in [-0.2, 0) is 0 Å². The van der Waals surface area contributed by atoms with Gasteiger partial charge in [0.25, 0.3) is 0 Å². The van der Waals surface area contributed by atoms with Gasteiger partial charge in [0, 0.05) is 17.1 Å². The minimum Gasteiger partial charge on any atom is -0.506 e. The number of nitrogens with one attached hydrogen (secondary N) is 1. The van der Waals surface area contributed by atoms with Crippen LogP contribution in [0.25, 0.3) is 10.9 Å². The first-order chi connectivity index (χ1) is 6.24. The third-order valence-electron chi connectivity index (χ3n) is 2.18. The molecule has 0 atom stereocenters. The Bertz CT molecular complexity index is 471. The quantitative estimate of drug-likeness (QED) is 0.651. The molecule has 0 unspecified atom stereocenters. The molecule has 3 heteroatoms. The van der Waals surface area contributed by atoms with E-state index in [0.717, 1.165) is 17.2 Å². The van der Waals surface area contributed by atoms with Crippen molar-refractivity contribution in [1.82, 2.24) is 4.98 Å². The summed E-state index contributed by atoms with van der Waals surface area (Å²) in [6.07, 6.45) is 2.38. The van der Waals surface area contributed by atoms with Crippen molar-refractivity contribution >= 4 is 17.2 Å². The molecule has 0 saturated carbocycles. The summed E-state index contributed by atoms with van der Waals surface area (Å²) in [5, 5.41) is 10.3. The Labute approximate surface area is 75.0 Å². The highest BCUT2D eigenvalue weighted by molar-refractivity contribution is 6.01. The lowest BCUT2D eigenvalue weighted by Gasteiger charge is -1.98. The molecule has 66 valence electrons. The number of benzene rings is 1. The van der Waals surface area contributed by atoms with Crippen LogP contribution in [0.4, 0.5) is 0 Å². The molecule has 0 aliphatic heterocycles. The van der Waals surface area contributed by atoms with Crippen LogP contribution in [0.1, 0.15) is 15.9 Å². The second kappa shape index (κ2) is 2.62. The highest BCUT2D eigenvalue weighted by Gasteiger charge is 2.08. The number of hydrogen-bond donors (Lipinski definition) is 2. The zero-order valence-corrected chi connectivity index (χ0v) is 7.16. The fraction of sp³-hybridized carbons (Fsp3) is 0.100. The summed E-state index contributed by atoms with van der Waals surface area (Å²) >= 11 is 0. The van der Waals surface area contributed by atoms with Crippen LogP contribution >= 0.6 is 0 Å². The fourth-order valence-corrected chi connectivity index (χ4v) is 1.53. The van der Waals surface area contributed by atoms with Gasteiger partial charge in [0.2, 0.25) is 0 Å². The molecule has 2 N–H and O–H groups in total. The van der Waals surface area contributed by atoms with Crippen molar-refractivity contribution in [2.75, 3.05) is 0 Å². The zero-order valence-electron chi connectivity index (χ0n) is 7.16. The summed E-state index contributed by atoms with van der Waals surface area (Å²) in [7, 11) is 0. The molecular formula is C10H9NO2. The Balaban J connectivity index is 2.95. The average Bonchev–Trinajstić information content (AvgIpc) is 2.56. The first kappa shape index (κ1) is 7.86. The molecule has 1 aromatic carbocycles. The van der Waals surface area contributed by atoms with Gasteiger partial charge >= 0.3 is 0 Å². The van der Waals surface area contributed by atoms with Gasteiger partial charge in [-0.25, -0.2) is 0 Å². The number of aromatic nitrogens is 1. The predicted molar refractivity (Wildman–Crippen MR) is 50.1 cm³/mol. The Morgan fingerprint density at radius 2 is 2.23 bits per heavy atom. The second-order valence-corrected chi connectivity index (χ2v) is 3.01. The van der Waals surface area contributed by atoms with Gasteiger partial charge in [0.05, 0.1) is 5.52 Å². The summed E-state index contributed by atoms with van der Waals surface area (Å²) in [6.45, 7) is 1.91. The smallest absolute Gasteiger partial charge is 0.152 e. The number of hydrogen-bond acceptors (Lipinski definition) is 2. The topological polar surface area (TPSA) is 53.1 Å². The number of fused-ring (bicyclic) bond motifs is 1. The number of aryl methyl sites for hydroxylation is 1. The molecule has 0 amide bonds. The molecule has 0 spiro atoms. The van der Waals surface area contributed by atoms with Crippen LogP contribution in [0.15, 0.2) is 18.3 Å². The van der Waals surface area contributed by atoms with E-state index in [1.165, 1.54) is 0 Å². The van der Waals surface area contributed by atoms with Crippen LogP contribution in [0.2, 0.25) is 0 Å². The zero-order chi connectivity index (χ0) is 9.42.